The molecule has 21 heavy (non-hydrogen) atoms. The maximum absolute atomic E-state index is 12.4. The normalized spacial score (nSPS) is 11.7. The van der Waals surface area contributed by atoms with Crippen molar-refractivity contribution in [2.75, 3.05) is 4.72 Å². The van der Waals surface area contributed by atoms with Gasteiger partial charge in [-0.15, -0.1) is 0 Å². The topological polar surface area (TPSA) is 85.3 Å². The molecule has 0 atom stereocenters. The van der Waals surface area contributed by atoms with Gasteiger partial charge in [-0.1, -0.05) is 39.1 Å². The first-order valence-electron chi connectivity index (χ1n) is 5.40. The lowest BCUT2D eigenvalue weighted by Gasteiger charge is -2.10. The molecule has 1 aromatic carbocycles. The van der Waals surface area contributed by atoms with Crippen LogP contribution in [-0.2, 0) is 16.6 Å². The summed E-state index contributed by atoms with van der Waals surface area (Å²) in [4.78, 5) is -0.0852. The van der Waals surface area contributed by atoms with Crippen LogP contribution in [0.2, 0.25) is 10.0 Å². The first kappa shape index (κ1) is 17.1. The Kier molecular flexibility index (Phi) is 5.27. The Morgan fingerprint density at radius 3 is 2.24 bits per heavy atom. The summed E-state index contributed by atoms with van der Waals surface area (Å²) in [6, 6.07) is 4.38. The zero-order valence-electron chi connectivity index (χ0n) is 10.2. The van der Waals surface area contributed by atoms with Crippen LogP contribution in [0.5, 0.6) is 0 Å². The van der Waals surface area contributed by atoms with Crippen molar-refractivity contribution in [3.8, 4) is 0 Å². The lowest BCUT2D eigenvalue weighted by atomic mass is 10.3. The number of benzene rings is 1. The highest BCUT2D eigenvalue weighted by atomic mass is 79.9. The summed E-state index contributed by atoms with van der Waals surface area (Å²) in [5.41, 5.74) is 5.50. The van der Waals surface area contributed by atoms with E-state index in [1.807, 2.05) is 0 Å². The Labute approximate surface area is 148 Å². The smallest absolute Gasteiger partial charge is 0.266 e. The van der Waals surface area contributed by atoms with Crippen LogP contribution in [0.25, 0.3) is 0 Å². The Bertz CT molecular complexity index is 770. The summed E-state index contributed by atoms with van der Waals surface area (Å²) >= 11 is 18.3. The number of rotatable bonds is 4. The minimum Gasteiger partial charge on any atom is -0.452 e. The van der Waals surface area contributed by atoms with E-state index >= 15 is 0 Å². The predicted octanol–water partition coefficient (Wildman–Crippen LogP) is 4.37. The number of anilines is 1. The van der Waals surface area contributed by atoms with E-state index in [2.05, 4.69) is 36.6 Å². The molecule has 10 heteroatoms. The van der Waals surface area contributed by atoms with Crippen molar-refractivity contribution in [3.63, 3.8) is 0 Å². The van der Waals surface area contributed by atoms with Crippen LogP contribution in [0, 0.1) is 0 Å². The fourth-order valence-corrected chi connectivity index (χ4v) is 5.03. The summed E-state index contributed by atoms with van der Waals surface area (Å²) in [5.74, 6) is 0.329. The van der Waals surface area contributed by atoms with Gasteiger partial charge >= 0.3 is 0 Å². The van der Waals surface area contributed by atoms with Gasteiger partial charge in [0, 0.05) is 10.5 Å². The average Bonchev–Trinajstić information content (AvgIpc) is 2.76. The number of sulfonamides is 1. The van der Waals surface area contributed by atoms with Gasteiger partial charge in [0.25, 0.3) is 10.0 Å². The van der Waals surface area contributed by atoms with Crippen LogP contribution in [0.3, 0.4) is 0 Å². The fraction of sp³-hybridized carbons (Fsp3) is 0.0909. The van der Waals surface area contributed by atoms with Gasteiger partial charge in [0.15, 0.2) is 4.67 Å². The van der Waals surface area contributed by atoms with Crippen molar-refractivity contribution >= 4 is 70.8 Å². The maximum atomic E-state index is 12.4. The number of halogens is 4. The summed E-state index contributed by atoms with van der Waals surface area (Å²) in [7, 11) is -3.92. The molecule has 0 amide bonds. The highest BCUT2D eigenvalue weighted by Gasteiger charge is 2.24. The largest absolute Gasteiger partial charge is 0.452 e. The van der Waals surface area contributed by atoms with E-state index in [1.54, 1.807) is 0 Å². The maximum Gasteiger partial charge on any atom is 0.266 e. The van der Waals surface area contributed by atoms with Gasteiger partial charge in [-0.25, -0.2) is 8.42 Å². The molecule has 0 radical (unpaired) electrons. The van der Waals surface area contributed by atoms with Gasteiger partial charge < -0.3 is 10.2 Å². The Morgan fingerprint density at radius 2 is 1.76 bits per heavy atom. The van der Waals surface area contributed by atoms with Crippen LogP contribution in [-0.4, -0.2) is 8.42 Å². The molecule has 0 aliphatic heterocycles. The molecule has 0 saturated heterocycles. The SMILES string of the molecule is NCc1cc(S(=O)(=O)Nc2c(Cl)cc(Br)cc2Cl)c(Br)o1. The third kappa shape index (κ3) is 3.75. The molecule has 2 rings (SSSR count). The van der Waals surface area contributed by atoms with Crippen molar-refractivity contribution in [2.45, 2.75) is 11.4 Å². The molecule has 1 heterocycles. The molecule has 0 aliphatic carbocycles. The summed E-state index contributed by atoms with van der Waals surface area (Å²) in [6.07, 6.45) is 0. The monoisotopic (exact) mass is 476 g/mol. The standard InChI is InChI=1S/C11H8Br2Cl2N2O3S/c12-5-1-7(14)10(8(15)2-5)17-21(18,19)9-3-6(4-16)20-11(9)13/h1-3,17H,4,16H2. The van der Waals surface area contributed by atoms with Crippen molar-refractivity contribution < 1.29 is 12.8 Å². The zero-order valence-corrected chi connectivity index (χ0v) is 15.7. The molecule has 3 N–H and O–H groups in total. The molecule has 2 aromatic rings. The van der Waals surface area contributed by atoms with Gasteiger partial charge in [-0.3, -0.25) is 4.72 Å². The zero-order chi connectivity index (χ0) is 15.8. The summed E-state index contributed by atoms with van der Waals surface area (Å²) < 4.78 is 32.9. The van der Waals surface area contributed by atoms with E-state index in [0.717, 1.165) is 0 Å². The molecule has 5 nitrogen and oxygen atoms in total. The highest BCUT2D eigenvalue weighted by molar-refractivity contribution is 9.10. The van der Waals surface area contributed by atoms with E-state index < -0.39 is 10.0 Å². The molecular weight excluding hydrogens is 471 g/mol. The minimum absolute atomic E-state index is 0.0554. The Balaban J connectivity index is 2.44. The van der Waals surface area contributed by atoms with Crippen LogP contribution in [0.1, 0.15) is 5.76 Å². The fourth-order valence-electron chi connectivity index (χ4n) is 1.51. The van der Waals surface area contributed by atoms with Crippen LogP contribution in [0.15, 0.2) is 36.7 Å². The van der Waals surface area contributed by atoms with E-state index in [-0.39, 0.29) is 31.8 Å². The predicted molar refractivity (Wildman–Crippen MR) is 89.3 cm³/mol. The van der Waals surface area contributed by atoms with Crippen molar-refractivity contribution in [1.29, 1.82) is 0 Å². The number of hydrogen-bond acceptors (Lipinski definition) is 4. The Morgan fingerprint density at radius 1 is 1.19 bits per heavy atom. The van der Waals surface area contributed by atoms with Gasteiger partial charge in [0.2, 0.25) is 0 Å². The summed E-state index contributed by atoms with van der Waals surface area (Å²) in [6.45, 7) is 0.0773. The van der Waals surface area contributed by atoms with E-state index in [4.69, 9.17) is 33.4 Å². The molecule has 0 saturated carbocycles. The third-order valence-electron chi connectivity index (χ3n) is 2.44. The molecular formula is C11H8Br2Cl2N2O3S. The van der Waals surface area contributed by atoms with Crippen molar-refractivity contribution in [3.05, 3.63) is 43.1 Å². The molecule has 0 bridgehead atoms. The minimum atomic E-state index is -3.92. The number of furan rings is 1. The second-order valence-electron chi connectivity index (χ2n) is 3.90. The first-order chi connectivity index (χ1) is 9.74. The Hall–Kier alpha value is -0.250. The second kappa shape index (κ2) is 6.47. The lowest BCUT2D eigenvalue weighted by Crippen LogP contribution is -2.13. The summed E-state index contributed by atoms with van der Waals surface area (Å²) in [5, 5.41) is 0.327. The van der Waals surface area contributed by atoms with E-state index in [9.17, 15) is 8.42 Å². The first-order valence-corrected chi connectivity index (χ1v) is 9.22. The second-order valence-corrected chi connectivity index (χ2v) is 8.01. The van der Waals surface area contributed by atoms with Crippen molar-refractivity contribution in [2.24, 2.45) is 5.73 Å². The van der Waals surface area contributed by atoms with Crippen LogP contribution >= 0.6 is 55.1 Å². The molecule has 0 aliphatic rings. The molecule has 0 unspecified atom stereocenters. The van der Waals surface area contributed by atoms with Gasteiger partial charge in [0.1, 0.15) is 10.7 Å². The highest BCUT2D eigenvalue weighted by Crippen LogP contribution is 2.36. The van der Waals surface area contributed by atoms with Crippen LogP contribution < -0.4 is 10.5 Å². The average molecular weight is 479 g/mol. The number of hydrogen-bond donors (Lipinski definition) is 2. The van der Waals surface area contributed by atoms with Gasteiger partial charge in [-0.05, 0) is 28.1 Å². The van der Waals surface area contributed by atoms with E-state index in [0.29, 0.717) is 10.2 Å². The van der Waals surface area contributed by atoms with Gasteiger partial charge in [-0.2, -0.15) is 0 Å². The molecule has 0 fully saturated rings. The van der Waals surface area contributed by atoms with Crippen LogP contribution in [0.4, 0.5) is 5.69 Å². The lowest BCUT2D eigenvalue weighted by molar-refractivity contribution is 0.484. The number of nitrogens with one attached hydrogen (secondary N) is 1. The third-order valence-corrected chi connectivity index (χ3v) is 5.70. The van der Waals surface area contributed by atoms with Crippen molar-refractivity contribution in [1.82, 2.24) is 0 Å². The van der Waals surface area contributed by atoms with Gasteiger partial charge in [0.05, 0.1) is 22.3 Å². The molecule has 1 aromatic heterocycles. The quantitative estimate of drug-likeness (QED) is 0.683. The molecule has 0 spiro atoms. The molecule has 114 valence electrons. The van der Waals surface area contributed by atoms with E-state index in [1.165, 1.54) is 18.2 Å². The number of nitrogens with two attached hydrogens (primary N) is 1.